The highest BCUT2D eigenvalue weighted by Crippen LogP contribution is 2.22. The van der Waals surface area contributed by atoms with Crippen LogP contribution in [0.3, 0.4) is 0 Å². The molecule has 1 saturated heterocycles. The van der Waals surface area contributed by atoms with E-state index in [1.54, 1.807) is 7.11 Å². The van der Waals surface area contributed by atoms with E-state index < -0.39 is 0 Å². The van der Waals surface area contributed by atoms with Crippen molar-refractivity contribution in [1.29, 1.82) is 0 Å². The van der Waals surface area contributed by atoms with Crippen LogP contribution < -0.4 is 0 Å². The highest BCUT2D eigenvalue weighted by Gasteiger charge is 2.28. The molecule has 1 aliphatic heterocycles. The number of likely N-dealkylation sites (tertiary alicyclic amines) is 1. The first-order valence-corrected chi connectivity index (χ1v) is 6.06. The van der Waals surface area contributed by atoms with Crippen molar-refractivity contribution >= 4 is 0 Å². The smallest absolute Gasteiger partial charge is 0.0519 e. The van der Waals surface area contributed by atoms with Gasteiger partial charge < -0.3 is 19.8 Å². The summed E-state index contributed by atoms with van der Waals surface area (Å²) in [7, 11) is 1.74. The van der Waals surface area contributed by atoms with Crippen LogP contribution in [0, 0.1) is 11.3 Å². The quantitative estimate of drug-likeness (QED) is 0.692. The minimum absolute atomic E-state index is 0.0367. The van der Waals surface area contributed by atoms with E-state index in [-0.39, 0.29) is 18.6 Å². The summed E-state index contributed by atoms with van der Waals surface area (Å²) in [5.74, 6) is 0.598. The third kappa shape index (κ3) is 4.01. The van der Waals surface area contributed by atoms with Crippen molar-refractivity contribution in [2.45, 2.75) is 19.8 Å². The zero-order valence-electron chi connectivity index (χ0n) is 10.5. The van der Waals surface area contributed by atoms with Crippen molar-refractivity contribution in [3.05, 3.63) is 0 Å². The van der Waals surface area contributed by atoms with Crippen LogP contribution in [-0.2, 0) is 4.74 Å². The summed E-state index contributed by atoms with van der Waals surface area (Å²) in [6, 6.07) is 0. The lowest BCUT2D eigenvalue weighted by Crippen LogP contribution is -2.45. The summed E-state index contributed by atoms with van der Waals surface area (Å²) >= 11 is 0. The molecular formula is C12H25NO3. The first-order chi connectivity index (χ1) is 7.63. The minimum Gasteiger partial charge on any atom is -0.396 e. The molecule has 1 atom stereocenters. The van der Waals surface area contributed by atoms with Crippen molar-refractivity contribution in [1.82, 2.24) is 4.90 Å². The van der Waals surface area contributed by atoms with E-state index in [4.69, 9.17) is 4.74 Å². The van der Waals surface area contributed by atoms with Crippen LogP contribution in [-0.4, -0.2) is 61.7 Å². The van der Waals surface area contributed by atoms with Gasteiger partial charge in [-0.2, -0.15) is 0 Å². The van der Waals surface area contributed by atoms with Crippen LogP contribution >= 0.6 is 0 Å². The summed E-state index contributed by atoms with van der Waals surface area (Å²) in [4.78, 5) is 2.33. The van der Waals surface area contributed by atoms with Crippen molar-refractivity contribution in [3.8, 4) is 0 Å². The lowest BCUT2D eigenvalue weighted by atomic mass is 9.90. The van der Waals surface area contributed by atoms with E-state index in [1.807, 2.05) is 6.92 Å². The Kier molecular flexibility index (Phi) is 5.69. The second kappa shape index (κ2) is 6.55. The molecule has 0 aromatic rings. The van der Waals surface area contributed by atoms with Crippen molar-refractivity contribution in [3.63, 3.8) is 0 Å². The number of methoxy groups -OCH3 is 1. The number of piperidine rings is 1. The Hall–Kier alpha value is -0.160. The number of hydrogen-bond donors (Lipinski definition) is 2. The van der Waals surface area contributed by atoms with E-state index in [1.165, 1.54) is 12.8 Å². The molecule has 2 N–H and O–H groups in total. The van der Waals surface area contributed by atoms with Gasteiger partial charge in [0.05, 0.1) is 19.8 Å². The molecule has 0 amide bonds. The molecule has 1 aliphatic rings. The van der Waals surface area contributed by atoms with Gasteiger partial charge in [-0.3, -0.25) is 0 Å². The van der Waals surface area contributed by atoms with Gasteiger partial charge >= 0.3 is 0 Å². The molecule has 4 nitrogen and oxygen atoms in total. The van der Waals surface area contributed by atoms with E-state index in [9.17, 15) is 10.2 Å². The largest absolute Gasteiger partial charge is 0.396 e. The second-order valence-electron chi connectivity index (χ2n) is 5.33. The Morgan fingerprint density at radius 3 is 2.62 bits per heavy atom. The maximum Gasteiger partial charge on any atom is 0.0519 e. The molecule has 1 unspecified atom stereocenters. The Balaban J connectivity index is 2.41. The Labute approximate surface area is 98.2 Å². The van der Waals surface area contributed by atoms with Gasteiger partial charge in [0.1, 0.15) is 0 Å². The van der Waals surface area contributed by atoms with Gasteiger partial charge in [0.15, 0.2) is 0 Å². The average molecular weight is 231 g/mol. The van der Waals surface area contributed by atoms with Gasteiger partial charge in [0.25, 0.3) is 0 Å². The van der Waals surface area contributed by atoms with Crippen molar-refractivity contribution in [2.75, 3.05) is 46.6 Å². The molecule has 0 radical (unpaired) electrons. The summed E-state index contributed by atoms with van der Waals surface area (Å²) in [5.41, 5.74) is -0.380. The van der Waals surface area contributed by atoms with Gasteiger partial charge in [0.2, 0.25) is 0 Å². The van der Waals surface area contributed by atoms with Crippen molar-refractivity contribution in [2.24, 2.45) is 11.3 Å². The number of rotatable bonds is 6. The molecule has 4 heteroatoms. The fraction of sp³-hybridized carbons (Fsp3) is 1.00. The minimum atomic E-state index is -0.380. The van der Waals surface area contributed by atoms with Gasteiger partial charge in [-0.25, -0.2) is 0 Å². The van der Waals surface area contributed by atoms with Gasteiger partial charge in [-0.1, -0.05) is 6.92 Å². The molecule has 96 valence electrons. The predicted octanol–water partition coefficient (Wildman–Crippen LogP) is 0.336. The SMILES string of the molecule is COCC1CCCN(CC(C)(CO)CO)C1. The summed E-state index contributed by atoms with van der Waals surface area (Å²) in [6.45, 7) is 5.65. The Morgan fingerprint density at radius 2 is 2.06 bits per heavy atom. The molecule has 0 aromatic carbocycles. The fourth-order valence-electron chi connectivity index (χ4n) is 2.36. The van der Waals surface area contributed by atoms with E-state index in [0.29, 0.717) is 5.92 Å². The third-order valence-corrected chi connectivity index (χ3v) is 3.37. The highest BCUT2D eigenvalue weighted by atomic mass is 16.5. The van der Waals surface area contributed by atoms with Crippen LogP contribution in [0.25, 0.3) is 0 Å². The first-order valence-electron chi connectivity index (χ1n) is 6.06. The number of hydrogen-bond acceptors (Lipinski definition) is 4. The summed E-state index contributed by atoms with van der Waals surface area (Å²) in [5, 5.41) is 18.5. The van der Waals surface area contributed by atoms with Crippen LogP contribution in [0.4, 0.5) is 0 Å². The monoisotopic (exact) mass is 231 g/mol. The standard InChI is InChI=1S/C12H25NO3/c1-12(9-14,10-15)8-13-5-3-4-11(6-13)7-16-2/h11,14-15H,3-10H2,1-2H3. The average Bonchev–Trinajstić information content (AvgIpc) is 2.30. The predicted molar refractivity (Wildman–Crippen MR) is 63.3 cm³/mol. The molecule has 1 rings (SSSR count). The number of ether oxygens (including phenoxy) is 1. The van der Waals surface area contributed by atoms with E-state index in [0.717, 1.165) is 26.2 Å². The topological polar surface area (TPSA) is 52.9 Å². The van der Waals surface area contributed by atoms with E-state index in [2.05, 4.69) is 4.90 Å². The molecule has 1 heterocycles. The number of aliphatic hydroxyl groups is 2. The fourth-order valence-corrected chi connectivity index (χ4v) is 2.36. The van der Waals surface area contributed by atoms with Crippen LogP contribution in [0.15, 0.2) is 0 Å². The number of nitrogens with zero attached hydrogens (tertiary/aromatic N) is 1. The molecule has 1 fully saturated rings. The normalized spacial score (nSPS) is 23.6. The lowest BCUT2D eigenvalue weighted by molar-refractivity contribution is 0.0133. The summed E-state index contributed by atoms with van der Waals surface area (Å²) in [6.07, 6.45) is 2.40. The van der Waals surface area contributed by atoms with E-state index >= 15 is 0 Å². The van der Waals surface area contributed by atoms with Crippen LogP contribution in [0.1, 0.15) is 19.8 Å². The van der Waals surface area contributed by atoms with Gasteiger partial charge in [-0.05, 0) is 25.3 Å². The maximum atomic E-state index is 9.27. The summed E-state index contributed by atoms with van der Waals surface area (Å²) < 4.78 is 5.19. The number of aliphatic hydroxyl groups excluding tert-OH is 2. The maximum absolute atomic E-state index is 9.27. The highest BCUT2D eigenvalue weighted by molar-refractivity contribution is 4.81. The first kappa shape index (κ1) is 13.9. The molecular weight excluding hydrogens is 206 g/mol. The zero-order chi connectivity index (χ0) is 12.0. The molecule has 0 saturated carbocycles. The third-order valence-electron chi connectivity index (χ3n) is 3.37. The van der Waals surface area contributed by atoms with Crippen molar-refractivity contribution < 1.29 is 14.9 Å². The van der Waals surface area contributed by atoms with Crippen LogP contribution in [0.2, 0.25) is 0 Å². The van der Waals surface area contributed by atoms with Gasteiger partial charge in [-0.15, -0.1) is 0 Å². The second-order valence-corrected chi connectivity index (χ2v) is 5.33. The molecule has 0 spiro atoms. The zero-order valence-corrected chi connectivity index (χ0v) is 10.5. The molecule has 0 bridgehead atoms. The molecule has 16 heavy (non-hydrogen) atoms. The lowest BCUT2D eigenvalue weighted by Gasteiger charge is -2.37. The Bertz CT molecular complexity index is 193. The Morgan fingerprint density at radius 1 is 1.38 bits per heavy atom. The van der Waals surface area contributed by atoms with Gasteiger partial charge in [0, 0.05) is 25.6 Å². The van der Waals surface area contributed by atoms with Crippen LogP contribution in [0.5, 0.6) is 0 Å². The molecule has 0 aromatic heterocycles. The molecule has 0 aliphatic carbocycles.